The molecule has 1 amide bonds. The quantitative estimate of drug-likeness (QED) is 0.760. The van der Waals surface area contributed by atoms with Crippen molar-refractivity contribution in [2.24, 2.45) is 5.92 Å². The molecule has 106 valence electrons. The van der Waals surface area contributed by atoms with Crippen LogP contribution in [0.3, 0.4) is 0 Å². The molecule has 0 aromatic heterocycles. The van der Waals surface area contributed by atoms with Gasteiger partial charge in [-0.25, -0.2) is 4.39 Å². The van der Waals surface area contributed by atoms with Crippen LogP contribution in [0.2, 0.25) is 0 Å². The third-order valence-corrected chi connectivity index (χ3v) is 3.73. The molecule has 0 atom stereocenters. The van der Waals surface area contributed by atoms with Crippen molar-refractivity contribution in [3.05, 3.63) is 35.1 Å². The van der Waals surface area contributed by atoms with Gasteiger partial charge in [0.15, 0.2) is 0 Å². The molecule has 0 spiro atoms. The molecule has 1 rings (SSSR count). The highest BCUT2D eigenvalue weighted by molar-refractivity contribution is 5.95. The summed E-state index contributed by atoms with van der Waals surface area (Å²) in [6, 6.07) is 4.39. The van der Waals surface area contributed by atoms with E-state index in [2.05, 4.69) is 13.8 Å². The highest BCUT2D eigenvalue weighted by Crippen LogP contribution is 2.16. The minimum atomic E-state index is -0.354. The van der Waals surface area contributed by atoms with Crippen molar-refractivity contribution < 1.29 is 9.18 Å². The third kappa shape index (κ3) is 4.05. The average Bonchev–Trinajstić information content (AvgIpc) is 2.42. The first-order valence-electron chi connectivity index (χ1n) is 7.08. The highest BCUT2D eigenvalue weighted by atomic mass is 19.1. The molecule has 0 aliphatic heterocycles. The molecule has 1 aromatic rings. The summed E-state index contributed by atoms with van der Waals surface area (Å²) < 4.78 is 13.3. The van der Waals surface area contributed by atoms with Crippen LogP contribution in [0, 0.1) is 18.7 Å². The fourth-order valence-corrected chi connectivity index (χ4v) is 2.21. The van der Waals surface area contributed by atoms with E-state index in [-0.39, 0.29) is 11.7 Å². The lowest BCUT2D eigenvalue weighted by Gasteiger charge is -2.26. The van der Waals surface area contributed by atoms with Crippen LogP contribution in [0.5, 0.6) is 0 Å². The van der Waals surface area contributed by atoms with Crippen LogP contribution in [0.25, 0.3) is 0 Å². The molecule has 0 radical (unpaired) electrons. The fourth-order valence-electron chi connectivity index (χ4n) is 2.21. The van der Waals surface area contributed by atoms with Crippen LogP contribution >= 0.6 is 0 Å². The number of benzene rings is 1. The van der Waals surface area contributed by atoms with Gasteiger partial charge in [0.25, 0.3) is 5.91 Å². The molecule has 1 aromatic carbocycles. The Bertz CT molecular complexity index is 427. The zero-order valence-electron chi connectivity index (χ0n) is 12.4. The first-order valence-corrected chi connectivity index (χ1v) is 7.08. The lowest BCUT2D eigenvalue weighted by Crippen LogP contribution is -2.35. The Kier molecular flexibility index (Phi) is 6.00. The van der Waals surface area contributed by atoms with E-state index in [1.54, 1.807) is 6.07 Å². The molecular formula is C16H24FNO. The van der Waals surface area contributed by atoms with Gasteiger partial charge in [-0.3, -0.25) is 4.79 Å². The summed E-state index contributed by atoms with van der Waals surface area (Å²) in [4.78, 5) is 14.3. The number of carbonyl (C=O) groups is 1. The number of halogens is 1. The average molecular weight is 265 g/mol. The zero-order chi connectivity index (χ0) is 14.4. The van der Waals surface area contributed by atoms with E-state index in [0.717, 1.165) is 24.9 Å². The third-order valence-electron chi connectivity index (χ3n) is 3.73. The second kappa shape index (κ2) is 7.27. The van der Waals surface area contributed by atoms with Crippen LogP contribution in [0.1, 0.15) is 49.5 Å². The second-order valence-corrected chi connectivity index (χ2v) is 4.99. The van der Waals surface area contributed by atoms with Crippen LogP contribution in [-0.4, -0.2) is 23.9 Å². The lowest BCUT2D eigenvalue weighted by atomic mass is 10.0. The van der Waals surface area contributed by atoms with Gasteiger partial charge < -0.3 is 4.90 Å². The van der Waals surface area contributed by atoms with Crippen molar-refractivity contribution in [2.75, 3.05) is 13.1 Å². The molecule has 0 fully saturated rings. The maximum absolute atomic E-state index is 13.3. The number of carbonyl (C=O) groups excluding carboxylic acids is 1. The molecule has 2 nitrogen and oxygen atoms in total. The Morgan fingerprint density at radius 1 is 1.26 bits per heavy atom. The van der Waals surface area contributed by atoms with Crippen molar-refractivity contribution in [3.8, 4) is 0 Å². The second-order valence-electron chi connectivity index (χ2n) is 4.99. The van der Waals surface area contributed by atoms with E-state index in [4.69, 9.17) is 0 Å². The van der Waals surface area contributed by atoms with Crippen molar-refractivity contribution in [2.45, 2.75) is 40.5 Å². The molecular weight excluding hydrogens is 241 g/mol. The summed E-state index contributed by atoms with van der Waals surface area (Å²) in [6.45, 7) is 9.50. The number of rotatable bonds is 6. The first kappa shape index (κ1) is 15.7. The molecule has 0 unspecified atom stereocenters. The molecule has 0 heterocycles. The van der Waals surface area contributed by atoms with Crippen molar-refractivity contribution in [3.63, 3.8) is 0 Å². The van der Waals surface area contributed by atoms with Gasteiger partial charge in [0, 0.05) is 18.7 Å². The molecule has 0 saturated heterocycles. The Hall–Kier alpha value is -1.38. The van der Waals surface area contributed by atoms with E-state index in [1.165, 1.54) is 12.1 Å². The number of aryl methyl sites for hydroxylation is 1. The predicted molar refractivity (Wildman–Crippen MR) is 76.8 cm³/mol. The van der Waals surface area contributed by atoms with Crippen LogP contribution < -0.4 is 0 Å². The molecule has 3 heteroatoms. The Labute approximate surface area is 115 Å². The van der Waals surface area contributed by atoms with Crippen LogP contribution in [0.15, 0.2) is 18.2 Å². The van der Waals surface area contributed by atoms with E-state index in [0.29, 0.717) is 18.0 Å². The Balaban J connectivity index is 2.92. The monoisotopic (exact) mass is 265 g/mol. The maximum Gasteiger partial charge on any atom is 0.254 e. The van der Waals surface area contributed by atoms with Crippen molar-refractivity contribution in [1.82, 2.24) is 4.90 Å². The largest absolute Gasteiger partial charge is 0.339 e. The Morgan fingerprint density at radius 3 is 2.42 bits per heavy atom. The number of hydrogen-bond acceptors (Lipinski definition) is 1. The highest BCUT2D eigenvalue weighted by Gasteiger charge is 2.19. The molecule has 19 heavy (non-hydrogen) atoms. The summed E-state index contributed by atoms with van der Waals surface area (Å²) in [5, 5.41) is 0. The number of hydrogen-bond donors (Lipinski definition) is 0. The van der Waals surface area contributed by atoms with Gasteiger partial charge >= 0.3 is 0 Å². The van der Waals surface area contributed by atoms with Gasteiger partial charge in [0.1, 0.15) is 5.82 Å². The molecule has 0 saturated carbocycles. The van der Waals surface area contributed by atoms with E-state index in [1.807, 2.05) is 18.7 Å². The molecule has 0 bridgehead atoms. The van der Waals surface area contributed by atoms with Gasteiger partial charge in [-0.05, 0) is 37.5 Å². The summed E-state index contributed by atoms with van der Waals surface area (Å²) >= 11 is 0. The summed E-state index contributed by atoms with van der Waals surface area (Å²) in [5.41, 5.74) is 1.31. The van der Waals surface area contributed by atoms with E-state index >= 15 is 0 Å². The topological polar surface area (TPSA) is 20.3 Å². The smallest absolute Gasteiger partial charge is 0.254 e. The minimum Gasteiger partial charge on any atom is -0.339 e. The van der Waals surface area contributed by atoms with Crippen molar-refractivity contribution in [1.29, 1.82) is 0 Å². The zero-order valence-corrected chi connectivity index (χ0v) is 12.4. The molecule has 0 N–H and O–H groups in total. The predicted octanol–water partition coefficient (Wildman–Crippen LogP) is 4.03. The summed E-state index contributed by atoms with van der Waals surface area (Å²) in [5.74, 6) is 0.0942. The van der Waals surface area contributed by atoms with Gasteiger partial charge in [0.05, 0.1) is 0 Å². The maximum atomic E-state index is 13.3. The SMILES string of the molecule is CCC(CC)CN(CC)C(=O)c1cc(F)ccc1C. The van der Waals surface area contributed by atoms with Gasteiger partial charge in [-0.2, -0.15) is 0 Å². The van der Waals surface area contributed by atoms with Crippen LogP contribution in [-0.2, 0) is 0 Å². The normalized spacial score (nSPS) is 10.8. The van der Waals surface area contributed by atoms with E-state index in [9.17, 15) is 9.18 Å². The van der Waals surface area contributed by atoms with Crippen molar-refractivity contribution >= 4 is 5.91 Å². The fraction of sp³-hybridized carbons (Fsp3) is 0.562. The number of amides is 1. The molecule has 0 aliphatic rings. The first-order chi connectivity index (χ1) is 9.03. The summed E-state index contributed by atoms with van der Waals surface area (Å²) in [6.07, 6.45) is 2.12. The standard InChI is InChI=1S/C16H24FNO/c1-5-13(6-2)11-18(7-3)16(19)15-10-14(17)9-8-12(15)4/h8-10,13H,5-7,11H2,1-4H3. The Morgan fingerprint density at radius 2 is 1.89 bits per heavy atom. The minimum absolute atomic E-state index is 0.0635. The molecule has 0 aliphatic carbocycles. The van der Waals surface area contributed by atoms with Crippen LogP contribution in [0.4, 0.5) is 4.39 Å². The van der Waals surface area contributed by atoms with Gasteiger partial charge in [0.2, 0.25) is 0 Å². The van der Waals surface area contributed by atoms with Gasteiger partial charge in [-0.1, -0.05) is 32.8 Å². The number of nitrogens with zero attached hydrogens (tertiary/aromatic N) is 1. The lowest BCUT2D eigenvalue weighted by molar-refractivity contribution is 0.0733. The summed E-state index contributed by atoms with van der Waals surface area (Å²) in [7, 11) is 0. The van der Waals surface area contributed by atoms with E-state index < -0.39 is 0 Å². The van der Waals surface area contributed by atoms with Gasteiger partial charge in [-0.15, -0.1) is 0 Å².